The Balaban J connectivity index is 2.77. The van der Waals surface area contributed by atoms with Gasteiger partial charge in [-0.05, 0) is 25.0 Å². The molecule has 0 aliphatic rings. The van der Waals surface area contributed by atoms with Crippen molar-refractivity contribution in [1.29, 1.82) is 0 Å². The summed E-state index contributed by atoms with van der Waals surface area (Å²) in [5, 5.41) is 13.0. The monoisotopic (exact) mass is 272 g/mol. The molecule has 0 heterocycles. The van der Waals surface area contributed by atoms with Crippen LogP contribution >= 0.6 is 0 Å². The van der Waals surface area contributed by atoms with Crippen molar-refractivity contribution in [3.8, 4) is 0 Å². The lowest BCUT2D eigenvalue weighted by Gasteiger charge is -2.13. The molecule has 1 aromatic carbocycles. The highest BCUT2D eigenvalue weighted by Gasteiger charge is 2.18. The van der Waals surface area contributed by atoms with Gasteiger partial charge >= 0.3 is 12.0 Å². The van der Waals surface area contributed by atoms with E-state index in [9.17, 15) is 18.4 Å². The number of halogens is 2. The van der Waals surface area contributed by atoms with E-state index in [1.54, 1.807) is 6.92 Å². The van der Waals surface area contributed by atoms with E-state index in [1.165, 1.54) is 6.92 Å². The van der Waals surface area contributed by atoms with Crippen molar-refractivity contribution in [1.82, 2.24) is 5.32 Å². The lowest BCUT2D eigenvalue weighted by molar-refractivity contribution is -0.139. The molecule has 7 heteroatoms. The summed E-state index contributed by atoms with van der Waals surface area (Å²) in [5.41, 5.74) is -0.235. The zero-order valence-corrected chi connectivity index (χ0v) is 10.5. The molecule has 2 amide bonds. The third kappa shape index (κ3) is 3.90. The van der Waals surface area contributed by atoms with Crippen molar-refractivity contribution in [2.75, 3.05) is 5.32 Å². The minimum absolute atomic E-state index is 0.112. The van der Waals surface area contributed by atoms with Crippen LogP contribution < -0.4 is 10.6 Å². The molecule has 0 aliphatic carbocycles. The predicted octanol–water partition coefficient (Wildman–Crippen LogP) is 2.26. The number of carbonyl (C=O) groups is 2. The fourth-order valence-corrected chi connectivity index (χ4v) is 1.40. The fourth-order valence-electron chi connectivity index (χ4n) is 1.40. The van der Waals surface area contributed by atoms with E-state index in [2.05, 4.69) is 10.6 Å². The zero-order valence-electron chi connectivity index (χ0n) is 10.5. The van der Waals surface area contributed by atoms with Crippen molar-refractivity contribution in [2.45, 2.75) is 26.3 Å². The van der Waals surface area contributed by atoms with E-state index < -0.39 is 29.7 Å². The molecular weight excluding hydrogens is 258 g/mol. The molecule has 0 fully saturated rings. The number of amides is 2. The number of nitrogens with one attached hydrogen (secondary N) is 2. The third-order valence-electron chi connectivity index (χ3n) is 2.51. The van der Waals surface area contributed by atoms with Gasteiger partial charge in [-0.25, -0.2) is 18.4 Å². The van der Waals surface area contributed by atoms with Gasteiger partial charge in [-0.2, -0.15) is 0 Å². The van der Waals surface area contributed by atoms with Crippen LogP contribution in [0.1, 0.15) is 18.9 Å². The van der Waals surface area contributed by atoms with Crippen LogP contribution in [0.15, 0.2) is 12.1 Å². The second kappa shape index (κ2) is 6.12. The standard InChI is InChI=1S/C12H14F2N2O3/c1-3-9(11(17)18)15-12(19)16-10-5-7(13)6(2)4-8(10)14/h4-5,9H,3H2,1-2H3,(H,17,18)(H2,15,16,19)/t9-/m0/s1. The summed E-state index contributed by atoms with van der Waals surface area (Å²) in [6.45, 7) is 2.96. The highest BCUT2D eigenvalue weighted by Crippen LogP contribution is 2.18. The molecular formula is C12H14F2N2O3. The van der Waals surface area contributed by atoms with Gasteiger partial charge in [0.05, 0.1) is 5.69 Å². The largest absolute Gasteiger partial charge is 0.480 e. The van der Waals surface area contributed by atoms with E-state index in [-0.39, 0.29) is 17.7 Å². The molecule has 19 heavy (non-hydrogen) atoms. The van der Waals surface area contributed by atoms with Gasteiger partial charge in [-0.15, -0.1) is 0 Å². The maximum Gasteiger partial charge on any atom is 0.326 e. The lowest BCUT2D eigenvalue weighted by atomic mass is 10.2. The molecule has 3 N–H and O–H groups in total. The summed E-state index contributed by atoms with van der Waals surface area (Å²) in [6, 6.07) is -0.208. The molecule has 104 valence electrons. The second-order valence-corrected chi connectivity index (χ2v) is 3.98. The second-order valence-electron chi connectivity index (χ2n) is 3.98. The highest BCUT2D eigenvalue weighted by atomic mass is 19.1. The summed E-state index contributed by atoms with van der Waals surface area (Å²) in [4.78, 5) is 22.2. The number of rotatable bonds is 4. The van der Waals surface area contributed by atoms with Crippen molar-refractivity contribution >= 4 is 17.7 Å². The molecule has 1 rings (SSSR count). The summed E-state index contributed by atoms with van der Waals surface area (Å²) in [6.07, 6.45) is 0.174. The Morgan fingerprint density at radius 1 is 1.32 bits per heavy atom. The maximum atomic E-state index is 13.4. The van der Waals surface area contributed by atoms with E-state index in [1.807, 2.05) is 0 Å². The molecule has 0 radical (unpaired) electrons. The number of aryl methyl sites for hydroxylation is 1. The van der Waals surface area contributed by atoms with Gasteiger partial charge < -0.3 is 15.7 Å². The Kier molecular flexibility index (Phi) is 4.80. The zero-order chi connectivity index (χ0) is 14.6. The van der Waals surface area contributed by atoms with E-state index in [4.69, 9.17) is 5.11 Å². The van der Waals surface area contributed by atoms with Crippen LogP contribution in [0.3, 0.4) is 0 Å². The number of carboxylic acid groups (broad SMARTS) is 1. The summed E-state index contributed by atoms with van der Waals surface area (Å²) < 4.78 is 26.7. The van der Waals surface area contributed by atoms with Crippen LogP contribution in [0.5, 0.6) is 0 Å². The van der Waals surface area contributed by atoms with Crippen LogP contribution in [-0.2, 0) is 4.79 Å². The fraction of sp³-hybridized carbons (Fsp3) is 0.333. The lowest BCUT2D eigenvalue weighted by Crippen LogP contribution is -2.42. The Labute approximate surface area is 108 Å². The number of hydrogen-bond acceptors (Lipinski definition) is 2. The van der Waals surface area contributed by atoms with Crippen molar-refractivity contribution in [3.63, 3.8) is 0 Å². The maximum absolute atomic E-state index is 13.4. The Hall–Kier alpha value is -2.18. The Bertz CT molecular complexity index is 506. The first-order valence-corrected chi connectivity index (χ1v) is 5.61. The first-order valence-electron chi connectivity index (χ1n) is 5.61. The number of aliphatic carboxylic acids is 1. The van der Waals surface area contributed by atoms with Gasteiger partial charge in [-0.3, -0.25) is 0 Å². The van der Waals surface area contributed by atoms with Crippen LogP contribution in [0, 0.1) is 18.6 Å². The van der Waals surface area contributed by atoms with Crippen molar-refractivity contribution in [3.05, 3.63) is 29.3 Å². The van der Waals surface area contributed by atoms with Gasteiger partial charge in [-0.1, -0.05) is 6.92 Å². The molecule has 0 unspecified atom stereocenters. The summed E-state index contributed by atoms with van der Waals surface area (Å²) in [5.74, 6) is -2.66. The summed E-state index contributed by atoms with van der Waals surface area (Å²) >= 11 is 0. The van der Waals surface area contributed by atoms with Gasteiger partial charge in [0.15, 0.2) is 0 Å². The molecule has 0 bridgehead atoms. The number of benzene rings is 1. The predicted molar refractivity (Wildman–Crippen MR) is 65.0 cm³/mol. The number of urea groups is 1. The molecule has 5 nitrogen and oxygen atoms in total. The van der Waals surface area contributed by atoms with Crippen molar-refractivity contribution < 1.29 is 23.5 Å². The highest BCUT2D eigenvalue weighted by molar-refractivity contribution is 5.92. The summed E-state index contributed by atoms with van der Waals surface area (Å²) in [7, 11) is 0. The Morgan fingerprint density at radius 3 is 2.47 bits per heavy atom. The number of hydrogen-bond donors (Lipinski definition) is 3. The number of anilines is 1. The first kappa shape index (κ1) is 14.9. The van der Waals surface area contributed by atoms with Crippen LogP contribution in [-0.4, -0.2) is 23.1 Å². The molecule has 1 aromatic rings. The molecule has 1 atom stereocenters. The van der Waals surface area contributed by atoms with Crippen LogP contribution in [0.2, 0.25) is 0 Å². The molecule has 0 saturated heterocycles. The van der Waals surface area contributed by atoms with E-state index in [0.717, 1.165) is 12.1 Å². The van der Waals surface area contributed by atoms with E-state index >= 15 is 0 Å². The minimum atomic E-state index is -1.20. The quantitative estimate of drug-likeness (QED) is 0.786. The SMILES string of the molecule is CC[C@H](NC(=O)Nc1cc(F)c(C)cc1F)C(=O)O. The number of carboxylic acids is 1. The van der Waals surface area contributed by atoms with Gasteiger partial charge in [0.2, 0.25) is 0 Å². The third-order valence-corrected chi connectivity index (χ3v) is 2.51. The number of carbonyl (C=O) groups excluding carboxylic acids is 1. The normalized spacial score (nSPS) is 11.8. The topological polar surface area (TPSA) is 78.4 Å². The molecule has 0 aliphatic heterocycles. The average Bonchev–Trinajstić information content (AvgIpc) is 2.32. The Morgan fingerprint density at radius 2 is 1.95 bits per heavy atom. The molecule has 0 aromatic heterocycles. The van der Waals surface area contributed by atoms with Gasteiger partial charge in [0.1, 0.15) is 17.7 Å². The smallest absolute Gasteiger partial charge is 0.326 e. The van der Waals surface area contributed by atoms with Gasteiger partial charge in [0.25, 0.3) is 0 Å². The van der Waals surface area contributed by atoms with Crippen LogP contribution in [0.25, 0.3) is 0 Å². The molecule has 0 spiro atoms. The minimum Gasteiger partial charge on any atom is -0.480 e. The van der Waals surface area contributed by atoms with Crippen LogP contribution in [0.4, 0.5) is 19.3 Å². The molecule has 0 saturated carbocycles. The first-order chi connectivity index (χ1) is 8.85. The average molecular weight is 272 g/mol. The van der Waals surface area contributed by atoms with E-state index in [0.29, 0.717) is 0 Å². The van der Waals surface area contributed by atoms with Gasteiger partial charge in [0, 0.05) is 6.07 Å². The van der Waals surface area contributed by atoms with Crippen molar-refractivity contribution in [2.24, 2.45) is 0 Å².